The summed E-state index contributed by atoms with van der Waals surface area (Å²) in [5.41, 5.74) is 5.93. The first kappa shape index (κ1) is 10.3. The average molecular weight is 195 g/mol. The quantitative estimate of drug-likeness (QED) is 0.326. The molecule has 0 aromatic carbocycles. The maximum absolute atomic E-state index is 8.46. The lowest BCUT2D eigenvalue weighted by molar-refractivity contribution is 0.241. The zero-order valence-electron chi connectivity index (χ0n) is 8.14. The molecular weight excluding hydrogens is 182 g/mol. The Morgan fingerprint density at radius 2 is 2.29 bits per heavy atom. The Labute approximate surface area is 82.2 Å². The molecule has 0 atom stereocenters. The van der Waals surface area contributed by atoms with Crippen LogP contribution >= 0.6 is 0 Å². The molecule has 0 saturated carbocycles. The Morgan fingerprint density at radius 3 is 2.86 bits per heavy atom. The van der Waals surface area contributed by atoms with Gasteiger partial charge in [0.25, 0.3) is 0 Å². The molecule has 0 aliphatic heterocycles. The number of ether oxygens (including phenoxy) is 1. The minimum atomic E-state index is 0.0201. The third kappa shape index (κ3) is 2.62. The molecule has 1 aromatic heterocycles. The summed E-state index contributed by atoms with van der Waals surface area (Å²) >= 11 is 0. The Bertz CT molecular complexity index is 337. The third-order valence-corrected chi connectivity index (χ3v) is 1.49. The molecule has 0 fully saturated rings. The van der Waals surface area contributed by atoms with Crippen molar-refractivity contribution in [2.45, 2.75) is 20.0 Å². The zero-order chi connectivity index (χ0) is 10.6. The summed E-state index contributed by atoms with van der Waals surface area (Å²) in [5, 5.41) is 11.3. The Morgan fingerprint density at radius 1 is 1.57 bits per heavy atom. The van der Waals surface area contributed by atoms with E-state index in [9.17, 15) is 0 Å². The van der Waals surface area contributed by atoms with Gasteiger partial charge < -0.3 is 15.7 Å². The van der Waals surface area contributed by atoms with Gasteiger partial charge in [-0.05, 0) is 19.9 Å². The van der Waals surface area contributed by atoms with Crippen molar-refractivity contribution in [1.29, 1.82) is 0 Å². The highest BCUT2D eigenvalue weighted by Crippen LogP contribution is 2.12. The predicted molar refractivity (Wildman–Crippen MR) is 52.5 cm³/mol. The molecule has 14 heavy (non-hydrogen) atoms. The van der Waals surface area contributed by atoms with Crippen LogP contribution in [-0.2, 0) is 0 Å². The summed E-state index contributed by atoms with van der Waals surface area (Å²) < 4.78 is 5.39. The zero-order valence-corrected chi connectivity index (χ0v) is 8.14. The van der Waals surface area contributed by atoms with Gasteiger partial charge >= 0.3 is 0 Å². The highest BCUT2D eigenvalue weighted by molar-refractivity contribution is 5.96. The molecule has 0 radical (unpaired) electrons. The summed E-state index contributed by atoms with van der Waals surface area (Å²) in [6.07, 6.45) is 3.15. The van der Waals surface area contributed by atoms with Crippen molar-refractivity contribution >= 4 is 5.84 Å². The highest BCUT2D eigenvalue weighted by atomic mass is 16.5. The van der Waals surface area contributed by atoms with Crippen LogP contribution in [0.3, 0.4) is 0 Å². The molecular formula is C9H13N3O2. The largest absolute Gasteiger partial charge is 0.489 e. The van der Waals surface area contributed by atoms with Crippen LogP contribution < -0.4 is 10.5 Å². The number of aromatic nitrogens is 1. The number of amidine groups is 1. The van der Waals surface area contributed by atoms with Crippen molar-refractivity contribution in [3.05, 3.63) is 24.0 Å². The second kappa shape index (κ2) is 4.45. The summed E-state index contributed by atoms with van der Waals surface area (Å²) in [7, 11) is 0. The molecule has 5 heteroatoms. The van der Waals surface area contributed by atoms with Crippen LogP contribution in [-0.4, -0.2) is 22.1 Å². The van der Waals surface area contributed by atoms with Gasteiger partial charge in [0.2, 0.25) is 0 Å². The number of hydrogen-bond donors (Lipinski definition) is 2. The van der Waals surface area contributed by atoms with Gasteiger partial charge in [-0.2, -0.15) is 0 Å². The van der Waals surface area contributed by atoms with Crippen molar-refractivity contribution < 1.29 is 9.94 Å². The van der Waals surface area contributed by atoms with Gasteiger partial charge in [0.05, 0.1) is 12.3 Å². The topological polar surface area (TPSA) is 80.7 Å². The molecule has 1 heterocycles. The summed E-state index contributed by atoms with van der Waals surface area (Å²) in [4.78, 5) is 3.91. The lowest BCUT2D eigenvalue weighted by Crippen LogP contribution is -2.14. The SMILES string of the molecule is CC(C)Oc1cncc(/C(N)=N\O)c1. The summed E-state index contributed by atoms with van der Waals surface area (Å²) in [6, 6.07) is 1.67. The van der Waals surface area contributed by atoms with E-state index in [-0.39, 0.29) is 11.9 Å². The fourth-order valence-electron chi connectivity index (χ4n) is 0.953. The van der Waals surface area contributed by atoms with Gasteiger partial charge in [0, 0.05) is 11.8 Å². The fraction of sp³-hybridized carbons (Fsp3) is 0.333. The molecule has 0 aliphatic carbocycles. The van der Waals surface area contributed by atoms with Crippen LogP contribution in [0, 0.1) is 0 Å². The summed E-state index contributed by atoms with van der Waals surface area (Å²) in [5.74, 6) is 0.621. The molecule has 0 unspecified atom stereocenters. The number of nitrogens with two attached hydrogens (primary N) is 1. The van der Waals surface area contributed by atoms with E-state index < -0.39 is 0 Å². The van der Waals surface area contributed by atoms with E-state index in [0.29, 0.717) is 11.3 Å². The number of rotatable bonds is 3. The van der Waals surface area contributed by atoms with Crippen LogP contribution in [0.1, 0.15) is 19.4 Å². The van der Waals surface area contributed by atoms with Crippen LogP contribution in [0.2, 0.25) is 0 Å². The lowest BCUT2D eigenvalue weighted by Gasteiger charge is -2.09. The van der Waals surface area contributed by atoms with E-state index in [1.54, 1.807) is 12.3 Å². The molecule has 0 amide bonds. The number of nitrogens with zero attached hydrogens (tertiary/aromatic N) is 2. The predicted octanol–water partition coefficient (Wildman–Crippen LogP) is 0.963. The number of pyridine rings is 1. The van der Waals surface area contributed by atoms with Gasteiger partial charge in [-0.25, -0.2) is 0 Å². The van der Waals surface area contributed by atoms with Gasteiger partial charge in [0.1, 0.15) is 5.75 Å². The number of oxime groups is 1. The summed E-state index contributed by atoms with van der Waals surface area (Å²) in [6.45, 7) is 3.83. The second-order valence-corrected chi connectivity index (χ2v) is 3.06. The van der Waals surface area contributed by atoms with Crippen molar-refractivity contribution in [2.24, 2.45) is 10.9 Å². The van der Waals surface area contributed by atoms with Crippen LogP contribution in [0.15, 0.2) is 23.6 Å². The Hall–Kier alpha value is -1.78. The van der Waals surface area contributed by atoms with Gasteiger partial charge in [-0.3, -0.25) is 4.98 Å². The van der Waals surface area contributed by atoms with Crippen LogP contribution in [0.4, 0.5) is 0 Å². The van der Waals surface area contributed by atoms with Crippen LogP contribution in [0.25, 0.3) is 0 Å². The smallest absolute Gasteiger partial charge is 0.171 e. The van der Waals surface area contributed by atoms with Gasteiger partial charge in [0.15, 0.2) is 5.84 Å². The molecule has 5 nitrogen and oxygen atoms in total. The van der Waals surface area contributed by atoms with Crippen LogP contribution in [0.5, 0.6) is 5.75 Å². The second-order valence-electron chi connectivity index (χ2n) is 3.06. The molecule has 1 aromatic rings. The van der Waals surface area contributed by atoms with Crippen molar-refractivity contribution in [2.75, 3.05) is 0 Å². The Balaban J connectivity index is 2.90. The standard InChI is InChI=1S/C9H13N3O2/c1-6(2)14-8-3-7(4-11-5-8)9(10)12-13/h3-6,13H,1-2H3,(H2,10,12). The third-order valence-electron chi connectivity index (χ3n) is 1.49. The molecule has 1 rings (SSSR count). The first-order valence-electron chi connectivity index (χ1n) is 4.23. The normalized spacial score (nSPS) is 11.8. The highest BCUT2D eigenvalue weighted by Gasteiger charge is 2.03. The first-order chi connectivity index (χ1) is 6.63. The maximum Gasteiger partial charge on any atom is 0.171 e. The molecule has 3 N–H and O–H groups in total. The lowest BCUT2D eigenvalue weighted by atomic mass is 10.2. The van der Waals surface area contributed by atoms with Gasteiger partial charge in [-0.1, -0.05) is 5.16 Å². The van der Waals surface area contributed by atoms with E-state index >= 15 is 0 Å². The van der Waals surface area contributed by atoms with Crippen molar-refractivity contribution in [3.8, 4) is 5.75 Å². The maximum atomic E-state index is 8.46. The molecule has 0 bridgehead atoms. The molecule has 0 saturated heterocycles. The van der Waals surface area contributed by atoms with E-state index in [2.05, 4.69) is 10.1 Å². The minimum Gasteiger partial charge on any atom is -0.489 e. The average Bonchev–Trinajstić information content (AvgIpc) is 2.16. The van der Waals surface area contributed by atoms with E-state index in [1.165, 1.54) is 6.20 Å². The number of hydrogen-bond acceptors (Lipinski definition) is 4. The van der Waals surface area contributed by atoms with Crippen molar-refractivity contribution in [3.63, 3.8) is 0 Å². The monoisotopic (exact) mass is 195 g/mol. The van der Waals surface area contributed by atoms with E-state index in [0.717, 1.165) is 0 Å². The van der Waals surface area contributed by atoms with Crippen molar-refractivity contribution in [1.82, 2.24) is 4.98 Å². The first-order valence-corrected chi connectivity index (χ1v) is 4.23. The minimum absolute atomic E-state index is 0.0201. The molecule has 76 valence electrons. The fourth-order valence-corrected chi connectivity index (χ4v) is 0.953. The van der Waals surface area contributed by atoms with E-state index in [4.69, 9.17) is 15.7 Å². The molecule has 0 spiro atoms. The van der Waals surface area contributed by atoms with Gasteiger partial charge in [-0.15, -0.1) is 0 Å². The van der Waals surface area contributed by atoms with E-state index in [1.807, 2.05) is 13.8 Å². The Kier molecular flexibility index (Phi) is 3.28. The molecule has 0 aliphatic rings.